The van der Waals surface area contributed by atoms with Gasteiger partial charge in [-0.15, -0.1) is 11.3 Å². The second-order valence-corrected chi connectivity index (χ2v) is 7.73. The average molecular weight is 359 g/mol. The van der Waals surface area contributed by atoms with E-state index in [9.17, 15) is 4.79 Å². The van der Waals surface area contributed by atoms with Gasteiger partial charge >= 0.3 is 0 Å². The Labute approximate surface area is 152 Å². The molecule has 3 rings (SSSR count). The molecule has 134 valence electrons. The topological polar surface area (TPSA) is 81.6 Å². The fourth-order valence-corrected chi connectivity index (χ4v) is 4.46. The minimum Gasteiger partial charge on any atom is -0.489 e. The van der Waals surface area contributed by atoms with Gasteiger partial charge in [0.15, 0.2) is 0 Å². The Morgan fingerprint density at radius 1 is 1.28 bits per heavy atom. The molecule has 5 nitrogen and oxygen atoms in total. The molecule has 0 saturated carbocycles. The molecule has 1 amide bonds. The number of likely N-dealkylation sites (N-methyl/N-ethyl adjacent to an activating group) is 1. The number of nitrogens with two attached hydrogens (primary N) is 2. The number of carbonyl (C=O) groups is 1. The molecule has 1 aromatic heterocycles. The maximum atomic E-state index is 11.5. The van der Waals surface area contributed by atoms with Crippen molar-refractivity contribution in [3.05, 3.63) is 35.4 Å². The molecule has 1 unspecified atom stereocenters. The van der Waals surface area contributed by atoms with E-state index in [-0.39, 0.29) is 6.10 Å². The standard InChI is InChI=1S/C19H25N3O2S/c1-12-16(18(20)23)19(21)25-17(12)13-6-8-14(9-7-13)24-15-5-3-4-10-22(2)11-15/h6-9,15H,3-5,10-11,21H2,1-2H3,(H2,20,23). The first kappa shape index (κ1) is 17.8. The number of amides is 1. The van der Waals surface area contributed by atoms with E-state index in [4.69, 9.17) is 16.2 Å². The van der Waals surface area contributed by atoms with Gasteiger partial charge in [-0.05, 0) is 75.2 Å². The van der Waals surface area contributed by atoms with Crippen molar-refractivity contribution in [2.75, 3.05) is 25.9 Å². The highest BCUT2D eigenvalue weighted by atomic mass is 32.1. The van der Waals surface area contributed by atoms with Crippen LogP contribution in [-0.2, 0) is 0 Å². The van der Waals surface area contributed by atoms with Crippen LogP contribution < -0.4 is 16.2 Å². The molecule has 4 N–H and O–H groups in total. The number of likely N-dealkylation sites (tertiary alicyclic amines) is 1. The number of carbonyl (C=O) groups excluding carboxylic acids is 1. The molecule has 1 aromatic carbocycles. The second-order valence-electron chi connectivity index (χ2n) is 6.68. The van der Waals surface area contributed by atoms with Gasteiger partial charge in [-0.3, -0.25) is 4.79 Å². The van der Waals surface area contributed by atoms with Crippen LogP contribution in [0.2, 0.25) is 0 Å². The van der Waals surface area contributed by atoms with Crippen LogP contribution in [0.1, 0.15) is 35.2 Å². The molecule has 0 spiro atoms. The number of anilines is 1. The zero-order chi connectivity index (χ0) is 18.0. The zero-order valence-electron chi connectivity index (χ0n) is 14.7. The first-order chi connectivity index (χ1) is 12.0. The van der Waals surface area contributed by atoms with Gasteiger partial charge in [0.25, 0.3) is 5.91 Å². The molecule has 1 saturated heterocycles. The molecule has 2 aromatic rings. The number of benzene rings is 1. The van der Waals surface area contributed by atoms with Crippen molar-refractivity contribution in [1.82, 2.24) is 4.90 Å². The average Bonchev–Trinajstić information content (AvgIpc) is 2.72. The van der Waals surface area contributed by atoms with Crippen LogP contribution in [-0.4, -0.2) is 37.0 Å². The lowest BCUT2D eigenvalue weighted by molar-refractivity contribution is 0.100. The van der Waals surface area contributed by atoms with Crippen molar-refractivity contribution in [2.24, 2.45) is 5.73 Å². The minimum absolute atomic E-state index is 0.235. The van der Waals surface area contributed by atoms with Crippen LogP contribution in [0.3, 0.4) is 0 Å². The van der Waals surface area contributed by atoms with Crippen molar-refractivity contribution in [3.8, 4) is 16.2 Å². The molecule has 0 bridgehead atoms. The lowest BCUT2D eigenvalue weighted by Gasteiger charge is -2.21. The molecule has 1 fully saturated rings. The Bertz CT molecular complexity index is 755. The van der Waals surface area contributed by atoms with Crippen LogP contribution in [0.4, 0.5) is 5.00 Å². The van der Waals surface area contributed by atoms with Crippen molar-refractivity contribution >= 4 is 22.2 Å². The predicted molar refractivity (Wildman–Crippen MR) is 103 cm³/mol. The predicted octanol–water partition coefficient (Wildman–Crippen LogP) is 3.27. The van der Waals surface area contributed by atoms with Crippen LogP contribution in [0.25, 0.3) is 10.4 Å². The van der Waals surface area contributed by atoms with E-state index in [2.05, 4.69) is 11.9 Å². The summed E-state index contributed by atoms with van der Waals surface area (Å²) in [7, 11) is 2.14. The molecule has 2 heterocycles. The van der Waals surface area contributed by atoms with Crippen molar-refractivity contribution < 1.29 is 9.53 Å². The number of primary amides is 1. The highest BCUT2D eigenvalue weighted by molar-refractivity contribution is 7.19. The summed E-state index contributed by atoms with van der Waals surface area (Å²) >= 11 is 1.40. The Hall–Kier alpha value is -2.05. The van der Waals surface area contributed by atoms with Gasteiger partial charge in [-0.2, -0.15) is 0 Å². The number of nitrogen functional groups attached to an aromatic ring is 1. The largest absolute Gasteiger partial charge is 0.489 e. The van der Waals surface area contributed by atoms with E-state index in [1.165, 1.54) is 24.2 Å². The molecule has 1 aliphatic heterocycles. The molecule has 25 heavy (non-hydrogen) atoms. The van der Waals surface area contributed by atoms with Crippen LogP contribution in [0, 0.1) is 6.92 Å². The zero-order valence-corrected chi connectivity index (χ0v) is 15.6. The van der Waals surface area contributed by atoms with E-state index in [1.807, 2.05) is 31.2 Å². The maximum Gasteiger partial charge on any atom is 0.251 e. The highest BCUT2D eigenvalue weighted by Crippen LogP contribution is 2.38. The minimum atomic E-state index is -0.477. The first-order valence-electron chi connectivity index (χ1n) is 8.60. The van der Waals surface area contributed by atoms with Crippen molar-refractivity contribution in [2.45, 2.75) is 32.3 Å². The summed E-state index contributed by atoms with van der Waals surface area (Å²) in [6.45, 7) is 3.98. The van der Waals surface area contributed by atoms with Gasteiger partial charge in [-0.25, -0.2) is 0 Å². The Morgan fingerprint density at radius 2 is 2.00 bits per heavy atom. The normalized spacial score (nSPS) is 18.7. The Kier molecular flexibility index (Phi) is 5.30. The summed E-state index contributed by atoms with van der Waals surface area (Å²) in [6, 6.07) is 8.00. The summed E-state index contributed by atoms with van der Waals surface area (Å²) in [4.78, 5) is 14.8. The molecule has 1 aliphatic rings. The van der Waals surface area contributed by atoms with E-state index >= 15 is 0 Å². The van der Waals surface area contributed by atoms with Crippen LogP contribution in [0.15, 0.2) is 24.3 Å². The van der Waals surface area contributed by atoms with E-state index in [0.29, 0.717) is 10.6 Å². The van der Waals surface area contributed by atoms with Gasteiger partial charge in [0.05, 0.1) is 10.6 Å². The lowest BCUT2D eigenvalue weighted by Crippen LogP contribution is -2.31. The quantitative estimate of drug-likeness (QED) is 0.878. The number of nitrogens with zero attached hydrogens (tertiary/aromatic N) is 1. The summed E-state index contributed by atoms with van der Waals surface area (Å²) < 4.78 is 6.16. The molecule has 6 heteroatoms. The molecule has 0 radical (unpaired) electrons. The van der Waals surface area contributed by atoms with E-state index in [1.54, 1.807) is 0 Å². The number of hydrogen-bond donors (Lipinski definition) is 2. The van der Waals surface area contributed by atoms with Gasteiger partial charge in [0, 0.05) is 11.4 Å². The lowest BCUT2D eigenvalue weighted by atomic mass is 10.1. The number of thiophene rings is 1. The number of ether oxygens (including phenoxy) is 1. The maximum absolute atomic E-state index is 11.5. The van der Waals surface area contributed by atoms with Crippen LogP contribution in [0.5, 0.6) is 5.75 Å². The SMILES string of the molecule is Cc1c(-c2ccc(OC3CCCCN(C)C3)cc2)sc(N)c1C(N)=O. The Balaban J connectivity index is 1.76. The molecular weight excluding hydrogens is 334 g/mol. The van der Waals surface area contributed by atoms with E-state index in [0.717, 1.165) is 41.3 Å². The van der Waals surface area contributed by atoms with Gasteiger partial charge in [0.2, 0.25) is 0 Å². The fraction of sp³-hybridized carbons (Fsp3) is 0.421. The van der Waals surface area contributed by atoms with Crippen molar-refractivity contribution in [1.29, 1.82) is 0 Å². The monoisotopic (exact) mass is 359 g/mol. The van der Waals surface area contributed by atoms with Gasteiger partial charge in [-0.1, -0.05) is 0 Å². The second kappa shape index (κ2) is 7.45. The molecule has 1 atom stereocenters. The third kappa shape index (κ3) is 3.96. The van der Waals surface area contributed by atoms with Crippen molar-refractivity contribution in [3.63, 3.8) is 0 Å². The summed E-state index contributed by atoms with van der Waals surface area (Å²) in [6.07, 6.45) is 3.76. The number of hydrogen-bond acceptors (Lipinski definition) is 5. The molecular formula is C19H25N3O2S. The number of rotatable bonds is 4. The van der Waals surface area contributed by atoms with Gasteiger partial charge < -0.3 is 21.1 Å². The fourth-order valence-electron chi connectivity index (χ4n) is 3.37. The third-order valence-corrected chi connectivity index (χ3v) is 5.84. The van der Waals surface area contributed by atoms with E-state index < -0.39 is 5.91 Å². The Morgan fingerprint density at radius 3 is 2.64 bits per heavy atom. The smallest absolute Gasteiger partial charge is 0.251 e. The summed E-state index contributed by atoms with van der Waals surface area (Å²) in [5.74, 6) is 0.399. The molecule has 0 aliphatic carbocycles. The third-order valence-electron chi connectivity index (χ3n) is 4.67. The van der Waals surface area contributed by atoms with Gasteiger partial charge in [0.1, 0.15) is 11.9 Å². The summed E-state index contributed by atoms with van der Waals surface area (Å²) in [5, 5.41) is 0.474. The first-order valence-corrected chi connectivity index (χ1v) is 9.41. The summed E-state index contributed by atoms with van der Waals surface area (Å²) in [5.41, 5.74) is 13.7. The van der Waals surface area contributed by atoms with Crippen LogP contribution >= 0.6 is 11.3 Å². The highest BCUT2D eigenvalue weighted by Gasteiger charge is 2.19.